The molecule has 1 aromatic rings. The minimum atomic E-state index is -3.37. The first kappa shape index (κ1) is 12.5. The van der Waals surface area contributed by atoms with E-state index in [9.17, 15) is 8.42 Å². The number of nitrogens with zero attached hydrogens (tertiary/aromatic N) is 1. The van der Waals surface area contributed by atoms with Gasteiger partial charge in [-0.15, -0.1) is 11.6 Å². The van der Waals surface area contributed by atoms with Crippen LogP contribution in [0.2, 0.25) is 0 Å². The van der Waals surface area contributed by atoms with Crippen LogP contribution in [0.1, 0.15) is 11.1 Å². The molecule has 0 radical (unpaired) electrons. The summed E-state index contributed by atoms with van der Waals surface area (Å²) in [4.78, 5) is 0.325. The van der Waals surface area contributed by atoms with E-state index in [1.165, 1.54) is 18.4 Å². The Morgan fingerprint density at radius 1 is 1.33 bits per heavy atom. The smallest absolute Gasteiger partial charge is 0.207 e. The van der Waals surface area contributed by atoms with Crippen molar-refractivity contribution in [2.24, 2.45) is 0 Å². The molecule has 0 amide bonds. The van der Waals surface area contributed by atoms with E-state index in [4.69, 9.17) is 11.6 Å². The first-order chi connectivity index (χ1) is 6.91. The van der Waals surface area contributed by atoms with Crippen molar-refractivity contribution >= 4 is 21.6 Å². The minimum absolute atomic E-state index is 0.322. The molecule has 0 aliphatic rings. The number of sulfonamides is 1. The van der Waals surface area contributed by atoms with Crippen molar-refractivity contribution in [2.75, 3.05) is 14.1 Å². The van der Waals surface area contributed by atoms with Gasteiger partial charge in [0.2, 0.25) is 10.0 Å². The molecule has 0 saturated heterocycles. The van der Waals surface area contributed by atoms with Gasteiger partial charge >= 0.3 is 0 Å². The SMILES string of the molecule is Cc1c(CCl)cccc1S(=O)(=O)N(C)C. The number of hydrogen-bond acceptors (Lipinski definition) is 2. The fourth-order valence-electron chi connectivity index (χ4n) is 1.28. The summed E-state index contributed by atoms with van der Waals surface area (Å²) < 4.78 is 25.0. The van der Waals surface area contributed by atoms with Crippen LogP contribution in [0.3, 0.4) is 0 Å². The average Bonchev–Trinajstić information content (AvgIpc) is 2.17. The number of halogens is 1. The summed E-state index contributed by atoms with van der Waals surface area (Å²) in [5, 5.41) is 0. The highest BCUT2D eigenvalue weighted by Gasteiger charge is 2.20. The summed E-state index contributed by atoms with van der Waals surface area (Å²) in [7, 11) is -0.333. The van der Waals surface area contributed by atoms with Crippen LogP contribution in [0.15, 0.2) is 23.1 Å². The summed E-state index contributed by atoms with van der Waals surface area (Å²) in [6.45, 7) is 1.77. The lowest BCUT2D eigenvalue weighted by atomic mass is 10.1. The second kappa shape index (κ2) is 4.51. The van der Waals surface area contributed by atoms with E-state index in [2.05, 4.69) is 0 Å². The van der Waals surface area contributed by atoms with Crippen molar-refractivity contribution in [2.45, 2.75) is 17.7 Å². The van der Waals surface area contributed by atoms with Crippen LogP contribution in [-0.2, 0) is 15.9 Å². The van der Waals surface area contributed by atoms with Gasteiger partial charge in [0, 0.05) is 20.0 Å². The topological polar surface area (TPSA) is 37.4 Å². The summed E-state index contributed by atoms with van der Waals surface area (Å²) in [5.41, 5.74) is 1.57. The van der Waals surface area contributed by atoms with Gasteiger partial charge in [0.15, 0.2) is 0 Å². The molecule has 0 aliphatic carbocycles. The normalized spacial score (nSPS) is 12.1. The van der Waals surface area contributed by atoms with Gasteiger partial charge in [-0.05, 0) is 24.1 Å². The largest absolute Gasteiger partial charge is 0.242 e. The third kappa shape index (κ3) is 2.33. The maximum Gasteiger partial charge on any atom is 0.242 e. The molecule has 0 bridgehead atoms. The van der Waals surface area contributed by atoms with Gasteiger partial charge in [-0.25, -0.2) is 12.7 Å². The van der Waals surface area contributed by atoms with E-state index in [0.717, 1.165) is 11.1 Å². The Kier molecular flexibility index (Phi) is 3.76. The van der Waals surface area contributed by atoms with E-state index in [1.54, 1.807) is 19.1 Å². The van der Waals surface area contributed by atoms with E-state index in [0.29, 0.717) is 10.8 Å². The molecule has 0 atom stereocenters. The Bertz CT molecular complexity index is 454. The standard InChI is InChI=1S/C10H14ClNO2S/c1-8-9(7-11)5-4-6-10(8)15(13,14)12(2)3/h4-6H,7H2,1-3H3. The van der Waals surface area contributed by atoms with Crippen LogP contribution in [0.5, 0.6) is 0 Å². The predicted octanol–water partition coefficient (Wildman–Crippen LogP) is 1.98. The molecule has 0 saturated carbocycles. The zero-order valence-electron chi connectivity index (χ0n) is 8.99. The predicted molar refractivity (Wildman–Crippen MR) is 61.6 cm³/mol. The van der Waals surface area contributed by atoms with Crippen LogP contribution < -0.4 is 0 Å². The molecular weight excluding hydrogens is 234 g/mol. The highest BCUT2D eigenvalue weighted by atomic mass is 35.5. The molecule has 0 unspecified atom stereocenters. The zero-order valence-corrected chi connectivity index (χ0v) is 10.6. The second-order valence-corrected chi connectivity index (χ2v) is 5.85. The van der Waals surface area contributed by atoms with Crippen molar-refractivity contribution in [3.05, 3.63) is 29.3 Å². The average molecular weight is 248 g/mol. The van der Waals surface area contributed by atoms with Gasteiger partial charge in [0.1, 0.15) is 0 Å². The lowest BCUT2D eigenvalue weighted by Gasteiger charge is -2.14. The van der Waals surface area contributed by atoms with Gasteiger partial charge in [0.05, 0.1) is 4.90 Å². The molecule has 0 N–H and O–H groups in total. The van der Waals surface area contributed by atoms with Gasteiger partial charge in [-0.3, -0.25) is 0 Å². The molecule has 0 heterocycles. The molecular formula is C10H14ClNO2S. The number of benzene rings is 1. The second-order valence-electron chi connectivity index (χ2n) is 3.46. The molecule has 5 heteroatoms. The van der Waals surface area contributed by atoms with Crippen LogP contribution in [0.4, 0.5) is 0 Å². The highest BCUT2D eigenvalue weighted by Crippen LogP contribution is 2.22. The first-order valence-corrected chi connectivity index (χ1v) is 6.45. The fraction of sp³-hybridized carbons (Fsp3) is 0.400. The quantitative estimate of drug-likeness (QED) is 0.766. The fourth-order valence-corrected chi connectivity index (χ4v) is 2.73. The van der Waals surface area contributed by atoms with Gasteiger partial charge in [-0.2, -0.15) is 0 Å². The van der Waals surface area contributed by atoms with Gasteiger partial charge in [0.25, 0.3) is 0 Å². The van der Waals surface area contributed by atoms with Gasteiger partial charge in [-0.1, -0.05) is 12.1 Å². The number of rotatable bonds is 3. The Morgan fingerprint density at radius 3 is 2.40 bits per heavy atom. The molecule has 0 aromatic heterocycles. The number of alkyl halides is 1. The van der Waals surface area contributed by atoms with E-state index in [1.807, 2.05) is 6.07 Å². The summed E-state index contributed by atoms with van der Waals surface area (Å²) in [6, 6.07) is 5.14. The van der Waals surface area contributed by atoms with Crippen molar-refractivity contribution in [3.8, 4) is 0 Å². The van der Waals surface area contributed by atoms with Crippen LogP contribution in [0.25, 0.3) is 0 Å². The third-order valence-electron chi connectivity index (χ3n) is 2.30. The minimum Gasteiger partial charge on any atom is -0.207 e. The maximum absolute atomic E-state index is 11.9. The summed E-state index contributed by atoms with van der Waals surface area (Å²) >= 11 is 5.73. The Hall–Kier alpha value is -0.580. The lowest BCUT2D eigenvalue weighted by Crippen LogP contribution is -2.23. The zero-order chi connectivity index (χ0) is 11.6. The first-order valence-electron chi connectivity index (χ1n) is 4.48. The molecule has 15 heavy (non-hydrogen) atoms. The molecule has 1 aromatic carbocycles. The van der Waals surface area contributed by atoms with Crippen molar-refractivity contribution in [1.82, 2.24) is 4.31 Å². The molecule has 0 fully saturated rings. The molecule has 3 nitrogen and oxygen atoms in total. The van der Waals surface area contributed by atoms with E-state index in [-0.39, 0.29) is 0 Å². The Labute approximate surface area is 95.7 Å². The van der Waals surface area contributed by atoms with Crippen LogP contribution in [0, 0.1) is 6.92 Å². The van der Waals surface area contributed by atoms with Gasteiger partial charge < -0.3 is 0 Å². The monoisotopic (exact) mass is 247 g/mol. The van der Waals surface area contributed by atoms with Crippen molar-refractivity contribution in [3.63, 3.8) is 0 Å². The molecule has 1 rings (SSSR count). The van der Waals surface area contributed by atoms with Crippen molar-refractivity contribution in [1.29, 1.82) is 0 Å². The van der Waals surface area contributed by atoms with Crippen LogP contribution >= 0.6 is 11.6 Å². The van der Waals surface area contributed by atoms with E-state index < -0.39 is 10.0 Å². The van der Waals surface area contributed by atoms with Crippen molar-refractivity contribution < 1.29 is 8.42 Å². The summed E-state index contributed by atoms with van der Waals surface area (Å²) in [5.74, 6) is 0.322. The molecule has 84 valence electrons. The summed E-state index contributed by atoms with van der Waals surface area (Å²) in [6.07, 6.45) is 0. The Balaban J connectivity index is 3.40. The van der Waals surface area contributed by atoms with E-state index >= 15 is 0 Å². The third-order valence-corrected chi connectivity index (χ3v) is 4.55. The molecule has 0 spiro atoms. The highest BCUT2D eigenvalue weighted by molar-refractivity contribution is 7.89. The maximum atomic E-state index is 11.9. The van der Waals surface area contributed by atoms with Crippen LogP contribution in [-0.4, -0.2) is 26.8 Å². The Morgan fingerprint density at radius 2 is 1.93 bits per heavy atom. The number of hydrogen-bond donors (Lipinski definition) is 0. The lowest BCUT2D eigenvalue weighted by molar-refractivity contribution is 0.520. The molecule has 0 aliphatic heterocycles.